The van der Waals surface area contributed by atoms with E-state index in [1.165, 1.54) is 18.2 Å². The first-order valence-electron chi connectivity index (χ1n) is 9.47. The number of carbonyl (C=O) groups excluding carboxylic acids is 1. The molecule has 1 aliphatic rings. The monoisotopic (exact) mass is 393 g/mol. The predicted octanol–water partition coefficient (Wildman–Crippen LogP) is 2.34. The highest BCUT2D eigenvalue weighted by molar-refractivity contribution is 5.79. The van der Waals surface area contributed by atoms with Gasteiger partial charge in [-0.1, -0.05) is 38.1 Å². The summed E-state index contributed by atoms with van der Waals surface area (Å²) in [4.78, 5) is 24.9. The van der Waals surface area contributed by atoms with Crippen LogP contribution in [0.15, 0.2) is 36.4 Å². The molecule has 1 saturated heterocycles. The van der Waals surface area contributed by atoms with Gasteiger partial charge in [-0.25, -0.2) is 4.39 Å². The fourth-order valence-corrected chi connectivity index (χ4v) is 3.58. The minimum atomic E-state index is -1.14. The number of aliphatic carboxylic acids is 1. The molecule has 154 valence electrons. The molecule has 0 spiro atoms. The third-order valence-electron chi connectivity index (χ3n) is 5.11. The van der Waals surface area contributed by atoms with Crippen molar-refractivity contribution in [3.8, 4) is 0 Å². The molecule has 3 N–H and O–H groups in total. The molecule has 0 unspecified atom stereocenters. The van der Waals surface area contributed by atoms with Gasteiger partial charge in [-0.15, -0.1) is 0 Å². The van der Waals surface area contributed by atoms with Crippen LogP contribution in [0.25, 0.3) is 0 Å². The molecule has 1 amide bonds. The fraction of sp³-hybridized carbons (Fsp3) is 0.524. The van der Waals surface area contributed by atoms with Gasteiger partial charge >= 0.3 is 5.97 Å². The normalized spacial score (nSPS) is 22.2. The van der Waals surface area contributed by atoms with Gasteiger partial charge in [-0.05, 0) is 29.5 Å². The molecule has 2 rings (SSSR count). The van der Waals surface area contributed by atoms with Crippen molar-refractivity contribution in [2.75, 3.05) is 0 Å². The second-order valence-corrected chi connectivity index (χ2v) is 7.69. The van der Waals surface area contributed by atoms with Crippen LogP contribution in [0, 0.1) is 17.7 Å². The van der Waals surface area contributed by atoms with Crippen molar-refractivity contribution >= 4 is 11.9 Å². The van der Waals surface area contributed by atoms with Crippen molar-refractivity contribution in [2.45, 2.75) is 57.9 Å². The largest absolute Gasteiger partial charge is 0.481 e. The summed E-state index contributed by atoms with van der Waals surface area (Å²) in [5.41, 5.74) is 0.815. The molecule has 1 aromatic carbocycles. The Morgan fingerprint density at radius 3 is 2.50 bits per heavy atom. The Kier molecular flexibility index (Phi) is 7.71. The molecule has 0 aromatic heterocycles. The molecule has 4 atom stereocenters. The summed E-state index contributed by atoms with van der Waals surface area (Å²) in [6.07, 6.45) is 1.000. The van der Waals surface area contributed by atoms with Crippen molar-refractivity contribution in [3.05, 3.63) is 47.8 Å². The first-order chi connectivity index (χ1) is 13.2. The first kappa shape index (κ1) is 22.0. The maximum absolute atomic E-state index is 13.1. The van der Waals surface area contributed by atoms with E-state index < -0.39 is 24.6 Å². The van der Waals surface area contributed by atoms with E-state index >= 15 is 0 Å². The standard InChI is InChI=1S/C21H28FNO5/c1-13(2)18-11-20(26)23(12-14-3-5-15(22)6-4-14)19(18)8-7-16(24)9-17(25)10-21(27)28/h3-8,13,16-19,24-25H,9-12H2,1-2H3,(H,27,28)/t16-,17-,18+,19-/m1/s1. The average Bonchev–Trinajstić information content (AvgIpc) is 2.90. The van der Waals surface area contributed by atoms with E-state index in [1.54, 1.807) is 23.1 Å². The third kappa shape index (κ3) is 6.14. The predicted molar refractivity (Wildman–Crippen MR) is 102 cm³/mol. The molecule has 0 bridgehead atoms. The summed E-state index contributed by atoms with van der Waals surface area (Å²) in [6, 6.07) is 5.76. The fourth-order valence-electron chi connectivity index (χ4n) is 3.58. The van der Waals surface area contributed by atoms with Crippen molar-refractivity contribution in [1.29, 1.82) is 0 Å². The van der Waals surface area contributed by atoms with Crippen molar-refractivity contribution in [2.24, 2.45) is 11.8 Å². The number of amides is 1. The van der Waals surface area contributed by atoms with E-state index in [0.29, 0.717) is 13.0 Å². The molecule has 6 nitrogen and oxygen atoms in total. The summed E-state index contributed by atoms with van der Waals surface area (Å²) < 4.78 is 13.1. The smallest absolute Gasteiger partial charge is 0.305 e. The summed E-state index contributed by atoms with van der Waals surface area (Å²) in [5.74, 6) is -1.16. The van der Waals surface area contributed by atoms with Crippen LogP contribution >= 0.6 is 0 Å². The number of carboxylic acids is 1. The molecule has 0 saturated carbocycles. The first-order valence-corrected chi connectivity index (χ1v) is 9.47. The molecule has 1 aromatic rings. The van der Waals surface area contributed by atoms with Crippen LogP contribution in [-0.2, 0) is 16.1 Å². The van der Waals surface area contributed by atoms with Gasteiger partial charge in [0, 0.05) is 19.4 Å². The number of halogens is 1. The third-order valence-corrected chi connectivity index (χ3v) is 5.11. The second kappa shape index (κ2) is 9.80. The summed E-state index contributed by atoms with van der Waals surface area (Å²) in [7, 11) is 0. The van der Waals surface area contributed by atoms with E-state index in [0.717, 1.165) is 5.56 Å². The number of rotatable bonds is 9. The molecule has 0 radical (unpaired) electrons. The lowest BCUT2D eigenvalue weighted by atomic mass is 9.88. The van der Waals surface area contributed by atoms with Crippen molar-refractivity contribution in [1.82, 2.24) is 4.90 Å². The lowest BCUT2D eigenvalue weighted by Gasteiger charge is -2.28. The molecule has 7 heteroatoms. The zero-order chi connectivity index (χ0) is 20.8. The number of benzene rings is 1. The summed E-state index contributed by atoms with van der Waals surface area (Å²) >= 11 is 0. The van der Waals surface area contributed by atoms with Gasteiger partial charge in [0.05, 0.1) is 24.7 Å². The topological polar surface area (TPSA) is 98.1 Å². The van der Waals surface area contributed by atoms with Gasteiger partial charge in [0.2, 0.25) is 5.91 Å². The van der Waals surface area contributed by atoms with Gasteiger partial charge in [0.15, 0.2) is 0 Å². The van der Waals surface area contributed by atoms with Crippen LogP contribution in [0.3, 0.4) is 0 Å². The molecular weight excluding hydrogens is 365 g/mol. The Labute approximate surface area is 164 Å². The van der Waals surface area contributed by atoms with E-state index in [1.807, 2.05) is 13.8 Å². The molecule has 28 heavy (non-hydrogen) atoms. The Hall–Kier alpha value is -2.25. The Morgan fingerprint density at radius 1 is 1.29 bits per heavy atom. The molecule has 1 fully saturated rings. The number of nitrogens with zero attached hydrogens (tertiary/aromatic N) is 1. The molecule has 0 aliphatic carbocycles. The number of hydrogen-bond acceptors (Lipinski definition) is 4. The van der Waals surface area contributed by atoms with Crippen LogP contribution in [0.1, 0.15) is 38.7 Å². The van der Waals surface area contributed by atoms with E-state index in [9.17, 15) is 24.2 Å². The van der Waals surface area contributed by atoms with E-state index in [2.05, 4.69) is 0 Å². The highest BCUT2D eigenvalue weighted by Gasteiger charge is 2.39. The van der Waals surface area contributed by atoms with Gasteiger partial charge in [-0.2, -0.15) is 0 Å². The second-order valence-electron chi connectivity index (χ2n) is 7.69. The van der Waals surface area contributed by atoms with Crippen LogP contribution in [0.5, 0.6) is 0 Å². The Morgan fingerprint density at radius 2 is 1.93 bits per heavy atom. The maximum Gasteiger partial charge on any atom is 0.305 e. The SMILES string of the molecule is CC(C)[C@@H]1CC(=O)N(Cc2ccc(F)cc2)[C@@H]1C=C[C@@H](O)C[C@@H](O)CC(=O)O. The number of aliphatic hydroxyl groups excluding tert-OH is 2. The molecular formula is C21H28FNO5. The van der Waals surface area contributed by atoms with Crippen molar-refractivity contribution < 1.29 is 29.3 Å². The lowest BCUT2D eigenvalue weighted by Crippen LogP contribution is -2.35. The van der Waals surface area contributed by atoms with Crippen LogP contribution in [-0.4, -0.2) is 50.3 Å². The average molecular weight is 393 g/mol. The summed E-state index contributed by atoms with van der Waals surface area (Å²) in [6.45, 7) is 4.41. The zero-order valence-corrected chi connectivity index (χ0v) is 16.2. The van der Waals surface area contributed by atoms with E-state index in [4.69, 9.17) is 5.11 Å². The lowest BCUT2D eigenvalue weighted by molar-refractivity contribution is -0.139. The Balaban J connectivity index is 2.11. The highest BCUT2D eigenvalue weighted by Crippen LogP contribution is 2.33. The Bertz CT molecular complexity index is 703. The molecule has 1 aliphatic heterocycles. The van der Waals surface area contributed by atoms with Crippen LogP contribution in [0.2, 0.25) is 0 Å². The number of aliphatic hydroxyl groups is 2. The van der Waals surface area contributed by atoms with Gasteiger partial charge in [-0.3, -0.25) is 9.59 Å². The summed E-state index contributed by atoms with van der Waals surface area (Å²) in [5, 5.41) is 28.5. The number of hydrogen-bond donors (Lipinski definition) is 3. The van der Waals surface area contributed by atoms with Crippen LogP contribution < -0.4 is 0 Å². The van der Waals surface area contributed by atoms with Gasteiger partial charge < -0.3 is 20.2 Å². The van der Waals surface area contributed by atoms with E-state index in [-0.39, 0.29) is 36.0 Å². The quantitative estimate of drug-likeness (QED) is 0.560. The minimum Gasteiger partial charge on any atom is -0.481 e. The van der Waals surface area contributed by atoms with Crippen molar-refractivity contribution in [3.63, 3.8) is 0 Å². The molecule has 1 heterocycles. The maximum atomic E-state index is 13.1. The van der Waals surface area contributed by atoms with Gasteiger partial charge in [0.25, 0.3) is 0 Å². The van der Waals surface area contributed by atoms with Crippen LogP contribution in [0.4, 0.5) is 4.39 Å². The van der Waals surface area contributed by atoms with Gasteiger partial charge in [0.1, 0.15) is 5.82 Å². The minimum absolute atomic E-state index is 0.00178. The number of likely N-dealkylation sites (tertiary alicyclic amines) is 1. The highest BCUT2D eigenvalue weighted by atomic mass is 19.1. The zero-order valence-electron chi connectivity index (χ0n) is 16.2. The number of carbonyl (C=O) groups is 2. The number of carboxylic acid groups (broad SMARTS) is 1.